The van der Waals surface area contributed by atoms with Gasteiger partial charge >= 0.3 is 0 Å². The molecule has 328 valence electrons. The summed E-state index contributed by atoms with van der Waals surface area (Å²) >= 11 is 3.75. The van der Waals surface area contributed by atoms with E-state index in [1.165, 1.54) is 84.0 Å². The van der Waals surface area contributed by atoms with Crippen LogP contribution in [0.4, 0.5) is 34.1 Å². The minimum Gasteiger partial charge on any atom is -0.309 e. The maximum absolute atomic E-state index is 2.56. The van der Waals surface area contributed by atoms with Gasteiger partial charge in [0.25, 0.3) is 0 Å². The van der Waals surface area contributed by atoms with Gasteiger partial charge in [0.2, 0.25) is 0 Å². The lowest BCUT2D eigenvalue weighted by atomic mass is 9.89. The van der Waals surface area contributed by atoms with Crippen LogP contribution in [0.15, 0.2) is 255 Å². The van der Waals surface area contributed by atoms with Crippen LogP contribution < -0.4 is 9.80 Å². The Kier molecular flexibility index (Phi) is 9.61. The summed E-state index contributed by atoms with van der Waals surface area (Å²) in [5.41, 5.74) is 11.4. The number of benzene rings is 12. The van der Waals surface area contributed by atoms with E-state index in [1.807, 2.05) is 22.7 Å². The molecule has 0 saturated heterocycles. The van der Waals surface area contributed by atoms with Gasteiger partial charge in [-0.1, -0.05) is 194 Å². The van der Waals surface area contributed by atoms with E-state index in [9.17, 15) is 0 Å². The van der Waals surface area contributed by atoms with Crippen molar-refractivity contribution in [3.63, 3.8) is 0 Å². The second-order valence-corrected chi connectivity index (χ2v) is 20.1. The van der Waals surface area contributed by atoms with Crippen LogP contribution in [0, 0.1) is 0 Å². The Hall–Kier alpha value is -8.54. The van der Waals surface area contributed by atoms with Gasteiger partial charge in [0.1, 0.15) is 0 Å². The molecule has 0 unspecified atom stereocenters. The molecule has 0 aliphatic heterocycles. The van der Waals surface area contributed by atoms with Crippen molar-refractivity contribution in [2.24, 2.45) is 0 Å². The standard InChI is InChI=1S/C66H42N2S2/c1-3-19-45(20-4-1)51-38-39-59(68(58-31-15-25-44-23-9-10-26-50(44)58)61-33-17-30-55-53-28-12-14-35-63(53)70-66(55)61)57-42-49(41-56(64(51)57)46-21-5-2-6-22-46)67(48-37-36-43-18-7-8-24-47(43)40-48)60-32-16-29-54-52-27-11-13-34-62(52)69-65(54)60/h1-42H. The fourth-order valence-corrected chi connectivity index (χ4v) is 13.2. The second-order valence-electron chi connectivity index (χ2n) is 18.0. The third-order valence-corrected chi connectivity index (χ3v) is 16.4. The molecule has 0 saturated carbocycles. The third-order valence-electron chi connectivity index (χ3n) is 14.0. The number of fused-ring (bicyclic) bond motifs is 9. The van der Waals surface area contributed by atoms with Crippen molar-refractivity contribution in [2.45, 2.75) is 0 Å². The average molecular weight is 927 g/mol. The van der Waals surface area contributed by atoms with E-state index in [4.69, 9.17) is 0 Å². The molecule has 2 heterocycles. The molecule has 0 fully saturated rings. The summed E-state index contributed by atoms with van der Waals surface area (Å²) in [6, 6.07) is 94.1. The molecule has 0 bridgehead atoms. The van der Waals surface area contributed by atoms with E-state index >= 15 is 0 Å². The molecular formula is C66H42N2S2. The van der Waals surface area contributed by atoms with Crippen molar-refractivity contribution in [1.29, 1.82) is 0 Å². The Morgan fingerprint density at radius 3 is 1.44 bits per heavy atom. The second kappa shape index (κ2) is 16.6. The van der Waals surface area contributed by atoms with E-state index < -0.39 is 0 Å². The summed E-state index contributed by atoms with van der Waals surface area (Å²) < 4.78 is 5.07. The number of nitrogens with zero attached hydrogens (tertiary/aromatic N) is 2. The van der Waals surface area contributed by atoms with Gasteiger partial charge in [0.05, 0.1) is 32.1 Å². The van der Waals surface area contributed by atoms with Crippen LogP contribution in [0.25, 0.3) is 94.9 Å². The number of hydrogen-bond acceptors (Lipinski definition) is 4. The first-order chi connectivity index (χ1) is 34.7. The molecular weight excluding hydrogens is 885 g/mol. The molecule has 0 aliphatic rings. The Bertz CT molecular complexity index is 4320. The quantitative estimate of drug-likeness (QED) is 0.150. The zero-order chi connectivity index (χ0) is 46.1. The van der Waals surface area contributed by atoms with E-state index in [0.29, 0.717) is 0 Å². The fraction of sp³-hybridized carbons (Fsp3) is 0. The molecule has 14 rings (SSSR count). The summed E-state index contributed by atoms with van der Waals surface area (Å²) in [7, 11) is 0. The highest BCUT2D eigenvalue weighted by atomic mass is 32.1. The minimum absolute atomic E-state index is 1.08. The Balaban J connectivity index is 1.15. The van der Waals surface area contributed by atoms with Gasteiger partial charge in [0, 0.05) is 53.1 Å². The van der Waals surface area contributed by atoms with Crippen molar-refractivity contribution >= 4 is 129 Å². The van der Waals surface area contributed by atoms with E-state index in [0.717, 1.165) is 45.1 Å². The van der Waals surface area contributed by atoms with Gasteiger partial charge in [-0.3, -0.25) is 0 Å². The highest BCUT2D eigenvalue weighted by molar-refractivity contribution is 7.26. The first-order valence-electron chi connectivity index (χ1n) is 23.8. The highest BCUT2D eigenvalue weighted by Crippen LogP contribution is 2.53. The number of thiophene rings is 2. The number of rotatable bonds is 8. The minimum atomic E-state index is 1.08. The van der Waals surface area contributed by atoms with Crippen molar-refractivity contribution in [3.05, 3.63) is 255 Å². The van der Waals surface area contributed by atoms with Crippen LogP contribution in [-0.2, 0) is 0 Å². The molecule has 2 nitrogen and oxygen atoms in total. The predicted octanol–water partition coefficient (Wildman–Crippen LogP) is 20.2. The Morgan fingerprint density at radius 1 is 0.257 bits per heavy atom. The van der Waals surface area contributed by atoms with E-state index in [2.05, 4.69) is 265 Å². The number of anilines is 6. The van der Waals surface area contributed by atoms with Crippen LogP contribution >= 0.6 is 22.7 Å². The average Bonchev–Trinajstić information content (AvgIpc) is 4.01. The Labute approximate surface area is 413 Å². The summed E-state index contributed by atoms with van der Waals surface area (Å²) in [5.74, 6) is 0. The Morgan fingerprint density at radius 2 is 0.757 bits per heavy atom. The first kappa shape index (κ1) is 40.5. The smallest absolute Gasteiger partial charge is 0.0640 e. The van der Waals surface area contributed by atoms with Crippen LogP contribution in [0.3, 0.4) is 0 Å². The molecule has 0 amide bonds. The summed E-state index contributed by atoms with van der Waals surface area (Å²) in [5, 5.41) is 12.2. The monoisotopic (exact) mass is 926 g/mol. The summed E-state index contributed by atoms with van der Waals surface area (Å²) in [4.78, 5) is 5.08. The zero-order valence-electron chi connectivity index (χ0n) is 38.0. The normalized spacial score (nSPS) is 11.7. The molecule has 0 aliphatic carbocycles. The van der Waals surface area contributed by atoms with E-state index in [1.54, 1.807) is 0 Å². The lowest BCUT2D eigenvalue weighted by Gasteiger charge is -2.31. The summed E-state index contributed by atoms with van der Waals surface area (Å²) in [6.45, 7) is 0. The van der Waals surface area contributed by atoms with E-state index in [-0.39, 0.29) is 0 Å². The van der Waals surface area contributed by atoms with Gasteiger partial charge in [-0.15, -0.1) is 22.7 Å². The van der Waals surface area contributed by atoms with Crippen molar-refractivity contribution in [1.82, 2.24) is 0 Å². The lowest BCUT2D eigenvalue weighted by molar-refractivity contribution is 1.31. The third kappa shape index (κ3) is 6.60. The molecule has 70 heavy (non-hydrogen) atoms. The SMILES string of the molecule is c1ccc(-c2ccc(N(c3cccc4ccccc34)c3cccc4c3sc3ccccc34)c3cc(N(c4ccc5ccccc5c4)c4cccc5c4sc4ccccc45)cc(-c4ccccc4)c23)cc1. The lowest BCUT2D eigenvalue weighted by Crippen LogP contribution is -2.13. The molecule has 12 aromatic carbocycles. The molecule has 0 atom stereocenters. The van der Waals surface area contributed by atoms with Crippen LogP contribution in [0.5, 0.6) is 0 Å². The van der Waals surface area contributed by atoms with Gasteiger partial charge in [0.15, 0.2) is 0 Å². The molecule has 4 heteroatoms. The largest absolute Gasteiger partial charge is 0.309 e. The molecule has 0 spiro atoms. The van der Waals surface area contributed by atoms with Crippen molar-refractivity contribution in [2.75, 3.05) is 9.80 Å². The molecule has 0 N–H and O–H groups in total. The number of hydrogen-bond donors (Lipinski definition) is 0. The van der Waals surface area contributed by atoms with Gasteiger partial charge in [-0.05, 0) is 104 Å². The van der Waals surface area contributed by atoms with Gasteiger partial charge in [-0.2, -0.15) is 0 Å². The predicted molar refractivity (Wildman–Crippen MR) is 305 cm³/mol. The van der Waals surface area contributed by atoms with Crippen molar-refractivity contribution < 1.29 is 0 Å². The fourth-order valence-electron chi connectivity index (χ4n) is 10.8. The highest BCUT2D eigenvalue weighted by Gasteiger charge is 2.27. The zero-order valence-corrected chi connectivity index (χ0v) is 39.6. The van der Waals surface area contributed by atoms with Gasteiger partial charge in [-0.25, -0.2) is 0 Å². The van der Waals surface area contributed by atoms with Crippen LogP contribution in [-0.4, -0.2) is 0 Å². The van der Waals surface area contributed by atoms with Gasteiger partial charge < -0.3 is 9.80 Å². The summed E-state index contributed by atoms with van der Waals surface area (Å²) in [6.07, 6.45) is 0. The van der Waals surface area contributed by atoms with Crippen molar-refractivity contribution in [3.8, 4) is 22.3 Å². The van der Waals surface area contributed by atoms with Crippen LogP contribution in [0.2, 0.25) is 0 Å². The molecule has 0 radical (unpaired) electrons. The first-order valence-corrected chi connectivity index (χ1v) is 25.5. The molecule has 2 aromatic heterocycles. The maximum Gasteiger partial charge on any atom is 0.0640 e. The van der Waals surface area contributed by atoms with Crippen LogP contribution in [0.1, 0.15) is 0 Å². The molecule has 14 aromatic rings. The topological polar surface area (TPSA) is 6.48 Å². The maximum atomic E-state index is 2.56.